The summed E-state index contributed by atoms with van der Waals surface area (Å²) in [5, 5.41) is 0.930. The van der Waals surface area contributed by atoms with E-state index in [9.17, 15) is 4.79 Å². The second kappa shape index (κ2) is 6.11. The summed E-state index contributed by atoms with van der Waals surface area (Å²) in [6.07, 6.45) is 1.48. The van der Waals surface area contributed by atoms with E-state index in [1.54, 1.807) is 6.07 Å². The molecule has 1 aromatic carbocycles. The van der Waals surface area contributed by atoms with E-state index in [1.807, 2.05) is 26.0 Å². The van der Waals surface area contributed by atoms with Gasteiger partial charge in [-0.2, -0.15) is 0 Å². The molecule has 4 heteroatoms. The number of halogens is 1. The summed E-state index contributed by atoms with van der Waals surface area (Å²) in [7, 11) is 0. The van der Waals surface area contributed by atoms with Gasteiger partial charge in [0, 0.05) is 16.8 Å². The van der Waals surface area contributed by atoms with Gasteiger partial charge in [0.15, 0.2) is 0 Å². The summed E-state index contributed by atoms with van der Waals surface area (Å²) >= 11 is 5.62. The summed E-state index contributed by atoms with van der Waals surface area (Å²) in [6.45, 7) is 4.48. The molecule has 0 spiro atoms. The molecule has 0 aliphatic carbocycles. The van der Waals surface area contributed by atoms with Gasteiger partial charge in [-0.1, -0.05) is 6.92 Å². The van der Waals surface area contributed by atoms with Crippen LogP contribution >= 0.6 is 11.6 Å². The maximum atomic E-state index is 11.8. The van der Waals surface area contributed by atoms with Crippen molar-refractivity contribution in [1.29, 1.82) is 0 Å². The van der Waals surface area contributed by atoms with Crippen LogP contribution in [0.5, 0.6) is 5.75 Å². The van der Waals surface area contributed by atoms with Crippen LogP contribution in [0.15, 0.2) is 27.4 Å². The van der Waals surface area contributed by atoms with Crippen LogP contribution in [-0.4, -0.2) is 12.5 Å². The largest absolute Gasteiger partial charge is 0.494 e. The van der Waals surface area contributed by atoms with Crippen molar-refractivity contribution < 1.29 is 9.15 Å². The lowest BCUT2D eigenvalue weighted by molar-refractivity contribution is 0.318. The van der Waals surface area contributed by atoms with Crippen molar-refractivity contribution in [3.05, 3.63) is 39.7 Å². The first kappa shape index (κ1) is 13.9. The minimum Gasteiger partial charge on any atom is -0.494 e. The van der Waals surface area contributed by atoms with E-state index in [0.717, 1.165) is 28.7 Å². The molecule has 0 saturated carbocycles. The number of ether oxygens (including phenoxy) is 1. The van der Waals surface area contributed by atoms with Gasteiger partial charge >= 0.3 is 5.63 Å². The molecule has 3 nitrogen and oxygen atoms in total. The Morgan fingerprint density at radius 3 is 2.84 bits per heavy atom. The lowest BCUT2D eigenvalue weighted by Gasteiger charge is -2.09. The fourth-order valence-electron chi connectivity index (χ4n) is 2.11. The van der Waals surface area contributed by atoms with Gasteiger partial charge in [-0.3, -0.25) is 0 Å². The molecule has 0 bridgehead atoms. The topological polar surface area (TPSA) is 39.4 Å². The third-order valence-corrected chi connectivity index (χ3v) is 3.42. The highest BCUT2D eigenvalue weighted by Crippen LogP contribution is 2.24. The molecule has 0 saturated heterocycles. The maximum absolute atomic E-state index is 11.8. The van der Waals surface area contributed by atoms with Gasteiger partial charge < -0.3 is 9.15 Å². The zero-order valence-electron chi connectivity index (χ0n) is 11.2. The number of alkyl halides is 1. The molecule has 0 unspecified atom stereocenters. The fourth-order valence-corrected chi connectivity index (χ4v) is 2.22. The molecule has 0 N–H and O–H groups in total. The Balaban J connectivity index is 2.43. The van der Waals surface area contributed by atoms with Crippen molar-refractivity contribution in [3.8, 4) is 5.75 Å². The second-order valence-electron chi connectivity index (χ2n) is 4.40. The Kier molecular flexibility index (Phi) is 4.48. The number of hydrogen-bond acceptors (Lipinski definition) is 3. The van der Waals surface area contributed by atoms with Crippen molar-refractivity contribution in [2.24, 2.45) is 0 Å². The minimum atomic E-state index is -0.247. The van der Waals surface area contributed by atoms with Crippen molar-refractivity contribution >= 4 is 22.6 Å². The fraction of sp³-hybridized carbons (Fsp3) is 0.400. The van der Waals surface area contributed by atoms with Crippen LogP contribution in [0.2, 0.25) is 0 Å². The van der Waals surface area contributed by atoms with E-state index >= 15 is 0 Å². The highest BCUT2D eigenvalue weighted by atomic mass is 35.5. The van der Waals surface area contributed by atoms with Crippen LogP contribution in [0.4, 0.5) is 0 Å². The van der Waals surface area contributed by atoms with Crippen LogP contribution in [0.3, 0.4) is 0 Å². The van der Waals surface area contributed by atoms with Crippen LogP contribution in [0.1, 0.15) is 24.5 Å². The predicted octanol–water partition coefficient (Wildman–Crippen LogP) is 3.67. The summed E-state index contributed by atoms with van der Waals surface area (Å²) in [5.74, 6) is 1.36. The number of rotatable bonds is 5. The summed E-state index contributed by atoms with van der Waals surface area (Å²) < 4.78 is 10.9. The summed E-state index contributed by atoms with van der Waals surface area (Å²) in [5.41, 5.74) is 2.05. The minimum absolute atomic E-state index is 0.247. The highest BCUT2D eigenvalue weighted by molar-refractivity contribution is 6.17. The molecule has 0 aliphatic heterocycles. The Morgan fingerprint density at radius 1 is 1.37 bits per heavy atom. The lowest BCUT2D eigenvalue weighted by Crippen LogP contribution is -2.09. The van der Waals surface area contributed by atoms with Gasteiger partial charge in [0.2, 0.25) is 0 Å². The molecular formula is C15H17ClO3. The van der Waals surface area contributed by atoms with Crippen molar-refractivity contribution in [3.63, 3.8) is 0 Å². The third-order valence-electron chi connectivity index (χ3n) is 3.16. The molecule has 102 valence electrons. The van der Waals surface area contributed by atoms with Crippen LogP contribution in [0.25, 0.3) is 11.0 Å². The Hall–Kier alpha value is -1.48. The van der Waals surface area contributed by atoms with Crippen LogP contribution < -0.4 is 10.4 Å². The SMILES string of the molecule is CCc1c(C)c2cc(OCCCCl)ccc2oc1=O. The zero-order chi connectivity index (χ0) is 13.8. The zero-order valence-corrected chi connectivity index (χ0v) is 11.9. The van der Waals surface area contributed by atoms with Gasteiger partial charge in [0.1, 0.15) is 11.3 Å². The molecule has 0 aliphatic rings. The normalized spacial score (nSPS) is 10.9. The first-order chi connectivity index (χ1) is 9.17. The smallest absolute Gasteiger partial charge is 0.339 e. The van der Waals surface area contributed by atoms with Gasteiger partial charge in [-0.25, -0.2) is 4.79 Å². The van der Waals surface area contributed by atoms with Crippen LogP contribution in [0, 0.1) is 6.92 Å². The van der Waals surface area contributed by atoms with E-state index in [4.69, 9.17) is 20.8 Å². The third kappa shape index (κ3) is 2.92. The van der Waals surface area contributed by atoms with Crippen LogP contribution in [-0.2, 0) is 6.42 Å². The monoisotopic (exact) mass is 280 g/mol. The lowest BCUT2D eigenvalue weighted by atomic mass is 10.0. The van der Waals surface area contributed by atoms with Gasteiger partial charge in [0.25, 0.3) is 0 Å². The quantitative estimate of drug-likeness (QED) is 0.476. The molecule has 19 heavy (non-hydrogen) atoms. The standard InChI is InChI=1S/C15H17ClO3/c1-3-12-10(2)13-9-11(18-8-4-7-16)5-6-14(13)19-15(12)17/h5-6,9H,3-4,7-8H2,1-2H3. The van der Waals surface area contributed by atoms with Crippen molar-refractivity contribution in [2.45, 2.75) is 26.7 Å². The summed E-state index contributed by atoms with van der Waals surface area (Å²) in [6, 6.07) is 5.50. The average molecular weight is 281 g/mol. The van der Waals surface area contributed by atoms with E-state index in [-0.39, 0.29) is 5.63 Å². The van der Waals surface area contributed by atoms with Crippen molar-refractivity contribution in [1.82, 2.24) is 0 Å². The molecule has 0 radical (unpaired) electrons. The average Bonchev–Trinajstić information content (AvgIpc) is 2.40. The number of aryl methyl sites for hydroxylation is 1. The number of hydrogen-bond donors (Lipinski definition) is 0. The molecule has 2 aromatic rings. The molecular weight excluding hydrogens is 264 g/mol. The highest BCUT2D eigenvalue weighted by Gasteiger charge is 2.10. The van der Waals surface area contributed by atoms with Gasteiger partial charge in [-0.15, -0.1) is 11.6 Å². The molecule has 1 heterocycles. The van der Waals surface area contributed by atoms with E-state index < -0.39 is 0 Å². The predicted molar refractivity (Wildman–Crippen MR) is 77.4 cm³/mol. The molecule has 2 rings (SSSR count). The van der Waals surface area contributed by atoms with E-state index in [0.29, 0.717) is 24.5 Å². The second-order valence-corrected chi connectivity index (χ2v) is 4.77. The Labute approximate surface area is 117 Å². The first-order valence-corrected chi connectivity index (χ1v) is 6.96. The summed E-state index contributed by atoms with van der Waals surface area (Å²) in [4.78, 5) is 11.8. The molecule has 0 fully saturated rings. The van der Waals surface area contributed by atoms with Gasteiger partial charge in [0.05, 0.1) is 6.61 Å². The van der Waals surface area contributed by atoms with E-state index in [1.165, 1.54) is 0 Å². The Morgan fingerprint density at radius 2 is 2.16 bits per heavy atom. The van der Waals surface area contributed by atoms with E-state index in [2.05, 4.69) is 0 Å². The molecule has 0 atom stereocenters. The Bertz CT molecular complexity index is 631. The maximum Gasteiger partial charge on any atom is 0.339 e. The number of fused-ring (bicyclic) bond motifs is 1. The van der Waals surface area contributed by atoms with Gasteiger partial charge in [-0.05, 0) is 43.5 Å². The first-order valence-electron chi connectivity index (χ1n) is 6.42. The number of benzene rings is 1. The molecule has 1 aromatic heterocycles. The molecule has 0 amide bonds. The van der Waals surface area contributed by atoms with Crippen molar-refractivity contribution in [2.75, 3.05) is 12.5 Å².